The van der Waals surface area contributed by atoms with Crippen LogP contribution in [0.4, 0.5) is 0 Å². The molecular formula is C14H11N5S. The predicted octanol–water partition coefficient (Wildman–Crippen LogP) is 2.70. The zero-order chi connectivity index (χ0) is 13.4. The highest BCUT2D eigenvalue weighted by atomic mass is 32.1. The molecule has 6 heteroatoms. The number of hydrogen-bond acceptors (Lipinski definition) is 4. The lowest BCUT2D eigenvalue weighted by Gasteiger charge is -2.08. The van der Waals surface area contributed by atoms with Crippen LogP contribution in [0.25, 0.3) is 17.0 Å². The zero-order valence-corrected chi connectivity index (χ0v) is 11.4. The summed E-state index contributed by atoms with van der Waals surface area (Å²) in [7, 11) is 0. The lowest BCUT2D eigenvalue weighted by atomic mass is 10.3. The SMILES string of the molecule is c1cc(-c2nccn2Cc2cscn2)n2nccc2c1. The number of thiazole rings is 1. The van der Waals surface area contributed by atoms with E-state index in [-0.39, 0.29) is 0 Å². The second-order valence-corrected chi connectivity index (χ2v) is 5.16. The van der Waals surface area contributed by atoms with Crippen LogP contribution in [0.1, 0.15) is 5.69 Å². The van der Waals surface area contributed by atoms with E-state index in [4.69, 9.17) is 0 Å². The smallest absolute Gasteiger partial charge is 0.159 e. The average Bonchev–Trinajstić information content (AvgIpc) is 3.19. The normalized spacial score (nSPS) is 11.2. The Labute approximate surface area is 119 Å². The molecule has 0 N–H and O–H groups in total. The van der Waals surface area contributed by atoms with Gasteiger partial charge < -0.3 is 4.57 Å². The lowest BCUT2D eigenvalue weighted by Crippen LogP contribution is -2.04. The minimum absolute atomic E-state index is 0.719. The van der Waals surface area contributed by atoms with Crippen LogP contribution in [0.3, 0.4) is 0 Å². The van der Waals surface area contributed by atoms with E-state index < -0.39 is 0 Å². The van der Waals surface area contributed by atoms with E-state index in [0.717, 1.165) is 29.3 Å². The van der Waals surface area contributed by atoms with E-state index in [0.29, 0.717) is 0 Å². The van der Waals surface area contributed by atoms with Crippen molar-refractivity contribution in [3.63, 3.8) is 0 Å². The summed E-state index contributed by atoms with van der Waals surface area (Å²) in [5, 5.41) is 6.42. The predicted molar refractivity (Wildman–Crippen MR) is 77.6 cm³/mol. The molecule has 0 saturated carbocycles. The minimum Gasteiger partial charge on any atom is -0.324 e. The number of imidazole rings is 1. The molecule has 0 spiro atoms. The van der Waals surface area contributed by atoms with Crippen molar-refractivity contribution in [1.29, 1.82) is 0 Å². The van der Waals surface area contributed by atoms with Crippen molar-refractivity contribution < 1.29 is 0 Å². The lowest BCUT2D eigenvalue weighted by molar-refractivity contribution is 0.778. The van der Waals surface area contributed by atoms with Crippen molar-refractivity contribution in [2.24, 2.45) is 0 Å². The van der Waals surface area contributed by atoms with E-state index in [2.05, 4.69) is 25.0 Å². The topological polar surface area (TPSA) is 48.0 Å². The van der Waals surface area contributed by atoms with Gasteiger partial charge in [-0.15, -0.1) is 11.3 Å². The summed E-state index contributed by atoms with van der Waals surface area (Å²) in [6.45, 7) is 0.719. The van der Waals surface area contributed by atoms with E-state index in [9.17, 15) is 0 Å². The van der Waals surface area contributed by atoms with Crippen LogP contribution in [-0.2, 0) is 6.54 Å². The quantitative estimate of drug-likeness (QED) is 0.580. The molecule has 20 heavy (non-hydrogen) atoms. The Morgan fingerprint density at radius 1 is 1.10 bits per heavy atom. The fourth-order valence-corrected chi connectivity index (χ4v) is 2.83. The van der Waals surface area contributed by atoms with E-state index in [1.54, 1.807) is 17.5 Å². The van der Waals surface area contributed by atoms with Crippen LogP contribution in [0, 0.1) is 0 Å². The van der Waals surface area contributed by atoms with Crippen LogP contribution in [-0.4, -0.2) is 24.1 Å². The second-order valence-electron chi connectivity index (χ2n) is 4.44. The van der Waals surface area contributed by atoms with Crippen molar-refractivity contribution in [3.05, 3.63) is 59.4 Å². The van der Waals surface area contributed by atoms with Gasteiger partial charge in [0.25, 0.3) is 0 Å². The van der Waals surface area contributed by atoms with Crippen LogP contribution in [0.5, 0.6) is 0 Å². The zero-order valence-electron chi connectivity index (χ0n) is 10.5. The van der Waals surface area contributed by atoms with E-state index >= 15 is 0 Å². The van der Waals surface area contributed by atoms with E-state index in [1.807, 2.05) is 46.7 Å². The van der Waals surface area contributed by atoms with Gasteiger partial charge in [-0.25, -0.2) is 14.5 Å². The summed E-state index contributed by atoms with van der Waals surface area (Å²) in [5.41, 5.74) is 4.93. The molecular weight excluding hydrogens is 270 g/mol. The van der Waals surface area contributed by atoms with Gasteiger partial charge in [-0.2, -0.15) is 5.10 Å². The molecule has 0 amide bonds. The summed E-state index contributed by atoms with van der Waals surface area (Å²) in [5.74, 6) is 0.896. The molecule has 0 atom stereocenters. The van der Waals surface area contributed by atoms with Gasteiger partial charge in [-0.05, 0) is 18.2 Å². The van der Waals surface area contributed by atoms with Gasteiger partial charge in [0.05, 0.1) is 29.5 Å². The second kappa shape index (κ2) is 4.57. The van der Waals surface area contributed by atoms with Crippen LogP contribution in [0.15, 0.2) is 53.7 Å². The van der Waals surface area contributed by atoms with Crippen LogP contribution in [0.2, 0.25) is 0 Å². The third-order valence-corrected chi connectivity index (χ3v) is 3.82. The standard InChI is InChI=1S/C14H11N5S/c1-2-12-4-5-17-19(12)13(3-1)14-15-6-7-18(14)8-11-9-20-10-16-11/h1-7,9-10H,8H2. The molecule has 0 fully saturated rings. The first-order valence-electron chi connectivity index (χ1n) is 6.23. The largest absolute Gasteiger partial charge is 0.324 e. The van der Waals surface area contributed by atoms with Crippen molar-refractivity contribution in [2.45, 2.75) is 6.54 Å². The summed E-state index contributed by atoms with van der Waals surface area (Å²) < 4.78 is 3.99. The monoisotopic (exact) mass is 281 g/mol. The molecule has 0 aromatic carbocycles. The molecule has 4 aromatic heterocycles. The van der Waals surface area contributed by atoms with Gasteiger partial charge in [0.1, 0.15) is 5.69 Å². The summed E-state index contributed by atoms with van der Waals surface area (Å²) >= 11 is 1.60. The first-order valence-corrected chi connectivity index (χ1v) is 7.17. The Balaban J connectivity index is 1.83. The maximum Gasteiger partial charge on any atom is 0.159 e. The number of nitrogens with zero attached hydrogens (tertiary/aromatic N) is 5. The molecule has 0 saturated heterocycles. The minimum atomic E-state index is 0.719. The van der Waals surface area contributed by atoms with Crippen molar-refractivity contribution >= 4 is 16.9 Å². The number of aromatic nitrogens is 5. The third kappa shape index (κ3) is 1.81. The fraction of sp³-hybridized carbons (Fsp3) is 0.0714. The van der Waals surface area contributed by atoms with Crippen molar-refractivity contribution in [1.82, 2.24) is 24.1 Å². The van der Waals surface area contributed by atoms with Crippen molar-refractivity contribution in [3.8, 4) is 11.5 Å². The molecule has 4 heterocycles. The van der Waals surface area contributed by atoms with Gasteiger partial charge in [0.15, 0.2) is 5.82 Å². The van der Waals surface area contributed by atoms with Crippen molar-refractivity contribution in [2.75, 3.05) is 0 Å². The molecule has 98 valence electrons. The third-order valence-electron chi connectivity index (χ3n) is 3.18. The summed E-state index contributed by atoms with van der Waals surface area (Å²) in [6.07, 6.45) is 5.58. The first kappa shape index (κ1) is 11.4. The Bertz CT molecular complexity index is 843. The molecule has 4 rings (SSSR count). The number of hydrogen-bond donors (Lipinski definition) is 0. The first-order chi connectivity index (χ1) is 9.92. The maximum absolute atomic E-state index is 4.47. The number of rotatable bonds is 3. The van der Waals surface area contributed by atoms with Gasteiger partial charge in [0, 0.05) is 17.8 Å². The molecule has 0 radical (unpaired) electrons. The van der Waals surface area contributed by atoms with Crippen LogP contribution >= 0.6 is 11.3 Å². The number of fused-ring (bicyclic) bond motifs is 1. The number of pyridine rings is 1. The van der Waals surface area contributed by atoms with Gasteiger partial charge in [-0.3, -0.25) is 0 Å². The van der Waals surface area contributed by atoms with Gasteiger partial charge >= 0.3 is 0 Å². The Kier molecular flexibility index (Phi) is 2.60. The molecule has 4 aromatic rings. The molecule has 0 aliphatic carbocycles. The van der Waals surface area contributed by atoms with Gasteiger partial charge in [0.2, 0.25) is 0 Å². The van der Waals surface area contributed by atoms with Crippen LogP contribution < -0.4 is 0 Å². The molecule has 5 nitrogen and oxygen atoms in total. The highest BCUT2D eigenvalue weighted by Gasteiger charge is 2.11. The maximum atomic E-state index is 4.47. The Morgan fingerprint density at radius 3 is 3.00 bits per heavy atom. The Hall–Kier alpha value is -2.47. The summed E-state index contributed by atoms with van der Waals surface area (Å²) in [6, 6.07) is 8.06. The fourth-order valence-electron chi connectivity index (χ4n) is 2.28. The molecule has 0 unspecified atom stereocenters. The Morgan fingerprint density at radius 2 is 2.10 bits per heavy atom. The van der Waals surface area contributed by atoms with Gasteiger partial charge in [-0.1, -0.05) is 6.07 Å². The molecule has 0 aliphatic heterocycles. The average molecular weight is 281 g/mol. The van der Waals surface area contributed by atoms with E-state index in [1.165, 1.54) is 0 Å². The molecule has 0 bridgehead atoms. The highest BCUT2D eigenvalue weighted by molar-refractivity contribution is 7.07. The summed E-state index contributed by atoms with van der Waals surface area (Å²) in [4.78, 5) is 8.80. The molecule has 0 aliphatic rings. The highest BCUT2D eigenvalue weighted by Crippen LogP contribution is 2.19.